The van der Waals surface area contributed by atoms with E-state index in [0.717, 1.165) is 61.2 Å². The largest absolute Gasteiger partial charge is 0.299 e. The SMILES string of the molecule is CCc1nn(C)c(Cl)c1CN1CCC(c2nnc3ccccn23)CC1. The highest BCUT2D eigenvalue weighted by molar-refractivity contribution is 6.30. The van der Waals surface area contributed by atoms with Crippen molar-refractivity contribution < 1.29 is 0 Å². The molecule has 0 radical (unpaired) electrons. The molecule has 0 atom stereocenters. The molecule has 132 valence electrons. The van der Waals surface area contributed by atoms with Crippen LogP contribution in [0.3, 0.4) is 0 Å². The molecule has 4 heterocycles. The maximum absolute atomic E-state index is 6.44. The zero-order chi connectivity index (χ0) is 17.4. The predicted octanol–water partition coefficient (Wildman–Crippen LogP) is 3.06. The van der Waals surface area contributed by atoms with Crippen molar-refractivity contribution in [3.05, 3.63) is 46.6 Å². The van der Waals surface area contributed by atoms with Crippen molar-refractivity contribution in [3.8, 4) is 0 Å². The number of likely N-dealkylation sites (tertiary alicyclic amines) is 1. The van der Waals surface area contributed by atoms with Crippen LogP contribution in [0.25, 0.3) is 5.65 Å². The number of hydrogen-bond acceptors (Lipinski definition) is 4. The summed E-state index contributed by atoms with van der Waals surface area (Å²) < 4.78 is 3.90. The molecule has 6 nitrogen and oxygen atoms in total. The second-order valence-corrected chi connectivity index (χ2v) is 7.09. The first-order chi connectivity index (χ1) is 12.2. The number of nitrogens with zero attached hydrogens (tertiary/aromatic N) is 6. The van der Waals surface area contributed by atoms with Crippen LogP contribution in [0.4, 0.5) is 0 Å². The third kappa shape index (κ3) is 3.04. The molecular formula is C18H23ClN6. The van der Waals surface area contributed by atoms with E-state index in [1.165, 1.54) is 5.56 Å². The minimum absolute atomic E-state index is 0.462. The smallest absolute Gasteiger partial charge is 0.160 e. The van der Waals surface area contributed by atoms with Crippen molar-refractivity contribution in [2.75, 3.05) is 13.1 Å². The van der Waals surface area contributed by atoms with E-state index in [1.807, 2.05) is 25.2 Å². The topological polar surface area (TPSA) is 51.2 Å². The Morgan fingerprint density at radius 1 is 1.20 bits per heavy atom. The number of piperidine rings is 1. The fourth-order valence-corrected chi connectivity index (χ4v) is 3.96. The molecule has 0 aliphatic carbocycles. The Hall–Kier alpha value is -1.92. The second-order valence-electron chi connectivity index (χ2n) is 6.73. The van der Waals surface area contributed by atoms with Crippen LogP contribution >= 0.6 is 11.6 Å². The van der Waals surface area contributed by atoms with Gasteiger partial charge in [-0.1, -0.05) is 24.6 Å². The van der Waals surface area contributed by atoms with Gasteiger partial charge < -0.3 is 0 Å². The van der Waals surface area contributed by atoms with Gasteiger partial charge in [0.2, 0.25) is 0 Å². The van der Waals surface area contributed by atoms with Crippen LogP contribution in [-0.2, 0) is 20.0 Å². The van der Waals surface area contributed by atoms with E-state index in [1.54, 1.807) is 4.68 Å². The van der Waals surface area contributed by atoms with Gasteiger partial charge in [-0.2, -0.15) is 5.10 Å². The van der Waals surface area contributed by atoms with Gasteiger partial charge in [-0.15, -0.1) is 10.2 Å². The molecule has 0 saturated carbocycles. The maximum atomic E-state index is 6.44. The molecule has 1 aliphatic rings. The fraction of sp³-hybridized carbons (Fsp3) is 0.500. The van der Waals surface area contributed by atoms with Gasteiger partial charge in [0.25, 0.3) is 0 Å². The number of rotatable bonds is 4. The fourth-order valence-electron chi connectivity index (χ4n) is 3.75. The minimum atomic E-state index is 0.462. The normalized spacial score (nSPS) is 16.8. The van der Waals surface area contributed by atoms with Crippen LogP contribution in [0.1, 0.15) is 42.8 Å². The first-order valence-corrected chi connectivity index (χ1v) is 9.27. The molecule has 4 rings (SSSR count). The second kappa shape index (κ2) is 6.77. The van der Waals surface area contributed by atoms with Crippen LogP contribution in [0.15, 0.2) is 24.4 Å². The standard InChI is InChI=1S/C18H23ClN6/c1-3-15-14(17(19)23(2)22-15)12-24-10-7-13(8-11-24)18-21-20-16-6-4-5-9-25(16)18/h4-6,9,13H,3,7-8,10-12H2,1-2H3. The zero-order valence-electron chi connectivity index (χ0n) is 14.7. The van der Waals surface area contributed by atoms with E-state index in [9.17, 15) is 0 Å². The number of aromatic nitrogens is 5. The first-order valence-electron chi connectivity index (χ1n) is 8.89. The van der Waals surface area contributed by atoms with Crippen LogP contribution in [-0.4, -0.2) is 42.4 Å². The molecule has 0 amide bonds. The van der Waals surface area contributed by atoms with Crippen molar-refractivity contribution in [3.63, 3.8) is 0 Å². The van der Waals surface area contributed by atoms with Crippen molar-refractivity contribution in [1.29, 1.82) is 0 Å². The Balaban J connectivity index is 1.45. The van der Waals surface area contributed by atoms with E-state index in [-0.39, 0.29) is 0 Å². The van der Waals surface area contributed by atoms with Crippen LogP contribution in [0, 0.1) is 0 Å². The van der Waals surface area contributed by atoms with E-state index >= 15 is 0 Å². The van der Waals surface area contributed by atoms with E-state index < -0.39 is 0 Å². The summed E-state index contributed by atoms with van der Waals surface area (Å²) in [6.45, 7) is 5.09. The molecular weight excluding hydrogens is 336 g/mol. The van der Waals surface area contributed by atoms with Gasteiger partial charge >= 0.3 is 0 Å². The number of pyridine rings is 1. The lowest BCUT2D eigenvalue weighted by Crippen LogP contribution is -2.33. The van der Waals surface area contributed by atoms with Gasteiger partial charge in [0.1, 0.15) is 11.0 Å². The number of aryl methyl sites for hydroxylation is 2. The van der Waals surface area contributed by atoms with Gasteiger partial charge in [0, 0.05) is 31.3 Å². The van der Waals surface area contributed by atoms with Gasteiger partial charge in [-0.25, -0.2) is 0 Å². The van der Waals surface area contributed by atoms with Crippen LogP contribution in [0.5, 0.6) is 0 Å². The molecule has 3 aromatic rings. The Morgan fingerprint density at radius 2 is 2.00 bits per heavy atom. The van der Waals surface area contributed by atoms with Crippen molar-refractivity contribution in [1.82, 2.24) is 29.3 Å². The number of fused-ring (bicyclic) bond motifs is 1. The zero-order valence-corrected chi connectivity index (χ0v) is 15.4. The summed E-state index contributed by atoms with van der Waals surface area (Å²) in [5.74, 6) is 1.55. The van der Waals surface area contributed by atoms with Gasteiger partial charge in [-0.3, -0.25) is 14.0 Å². The molecule has 0 spiro atoms. The summed E-state index contributed by atoms with van der Waals surface area (Å²) in [7, 11) is 1.91. The third-order valence-electron chi connectivity index (χ3n) is 5.16. The highest BCUT2D eigenvalue weighted by Crippen LogP contribution is 2.29. The summed E-state index contributed by atoms with van der Waals surface area (Å²) in [5, 5.41) is 14.0. The molecule has 0 bridgehead atoms. The Morgan fingerprint density at radius 3 is 2.76 bits per heavy atom. The molecule has 7 heteroatoms. The monoisotopic (exact) mass is 358 g/mol. The lowest BCUT2D eigenvalue weighted by atomic mass is 9.95. The molecule has 25 heavy (non-hydrogen) atoms. The Labute approximate surface area is 152 Å². The lowest BCUT2D eigenvalue weighted by molar-refractivity contribution is 0.201. The van der Waals surface area contributed by atoms with E-state index in [2.05, 4.69) is 37.7 Å². The third-order valence-corrected chi connectivity index (χ3v) is 5.63. The quantitative estimate of drug-likeness (QED) is 0.719. The first kappa shape index (κ1) is 16.5. The van der Waals surface area contributed by atoms with Gasteiger partial charge in [-0.05, 0) is 44.5 Å². The number of hydrogen-bond donors (Lipinski definition) is 0. The van der Waals surface area contributed by atoms with E-state index in [4.69, 9.17) is 11.6 Å². The summed E-state index contributed by atoms with van der Waals surface area (Å²) in [5.41, 5.74) is 3.21. The van der Waals surface area contributed by atoms with Crippen molar-refractivity contribution in [2.45, 2.75) is 38.6 Å². The Kier molecular flexibility index (Phi) is 4.48. The lowest BCUT2D eigenvalue weighted by Gasteiger charge is -2.31. The average molecular weight is 359 g/mol. The molecule has 3 aromatic heterocycles. The van der Waals surface area contributed by atoms with Crippen LogP contribution < -0.4 is 0 Å². The molecule has 0 aromatic carbocycles. The van der Waals surface area contributed by atoms with Crippen molar-refractivity contribution >= 4 is 17.2 Å². The maximum Gasteiger partial charge on any atom is 0.160 e. The van der Waals surface area contributed by atoms with Gasteiger partial charge in [0.15, 0.2) is 5.65 Å². The average Bonchev–Trinajstić information content (AvgIpc) is 3.19. The number of halogens is 1. The predicted molar refractivity (Wildman–Crippen MR) is 97.8 cm³/mol. The highest BCUT2D eigenvalue weighted by Gasteiger charge is 2.26. The molecule has 1 saturated heterocycles. The molecule has 0 unspecified atom stereocenters. The molecule has 1 fully saturated rings. The van der Waals surface area contributed by atoms with E-state index in [0.29, 0.717) is 5.92 Å². The summed E-state index contributed by atoms with van der Waals surface area (Å²) in [6.07, 6.45) is 5.15. The molecule has 1 aliphatic heterocycles. The Bertz CT molecular complexity index is 875. The summed E-state index contributed by atoms with van der Waals surface area (Å²) in [6, 6.07) is 6.04. The van der Waals surface area contributed by atoms with Gasteiger partial charge in [0.05, 0.1) is 5.69 Å². The van der Waals surface area contributed by atoms with Crippen LogP contribution in [0.2, 0.25) is 5.15 Å². The summed E-state index contributed by atoms with van der Waals surface area (Å²) >= 11 is 6.44. The summed E-state index contributed by atoms with van der Waals surface area (Å²) in [4.78, 5) is 2.47. The highest BCUT2D eigenvalue weighted by atomic mass is 35.5. The molecule has 0 N–H and O–H groups in total. The minimum Gasteiger partial charge on any atom is -0.299 e. The van der Waals surface area contributed by atoms with Crippen molar-refractivity contribution in [2.24, 2.45) is 7.05 Å².